The van der Waals surface area contributed by atoms with Crippen LogP contribution < -0.4 is 0 Å². The van der Waals surface area contributed by atoms with Gasteiger partial charge in [-0.25, -0.2) is 0 Å². The van der Waals surface area contributed by atoms with Gasteiger partial charge in [0.15, 0.2) is 5.75 Å². The summed E-state index contributed by atoms with van der Waals surface area (Å²) in [6.07, 6.45) is 0. The molecule has 0 spiro atoms. The summed E-state index contributed by atoms with van der Waals surface area (Å²) in [7, 11) is 0. The molecule has 0 fully saturated rings. The van der Waals surface area contributed by atoms with E-state index in [9.17, 15) is 5.11 Å². The first-order chi connectivity index (χ1) is 6.31. The predicted octanol–water partition coefficient (Wildman–Crippen LogP) is 2.86. The van der Waals surface area contributed by atoms with E-state index in [2.05, 4.69) is 0 Å². The molecule has 61 valence electrons. The molecular weight excluding hydrogens is 162 g/mol. The minimum atomic E-state index is -0.0883. The highest BCUT2D eigenvalue weighted by Gasteiger charge is 2.02. The van der Waals surface area contributed by atoms with Crippen molar-refractivity contribution in [3.8, 4) is 11.8 Å². The second-order valence-electron chi connectivity index (χ2n) is 2.81. The SMILES string of the molecule is N#Cc1cc([O])c2ccccc2c1. The Morgan fingerprint density at radius 3 is 2.69 bits per heavy atom. The Kier molecular flexibility index (Phi) is 1.64. The minimum Gasteiger partial charge on any atom is -0.289 e. The molecule has 1 radical (unpaired) electrons. The van der Waals surface area contributed by atoms with Crippen molar-refractivity contribution in [3.63, 3.8) is 0 Å². The van der Waals surface area contributed by atoms with Crippen molar-refractivity contribution in [1.82, 2.24) is 0 Å². The molecule has 2 aromatic rings. The van der Waals surface area contributed by atoms with E-state index < -0.39 is 0 Å². The molecule has 0 aliphatic rings. The van der Waals surface area contributed by atoms with Gasteiger partial charge in [-0.05, 0) is 11.5 Å². The molecule has 2 aromatic carbocycles. The molecule has 0 saturated carbocycles. The molecule has 0 bridgehead atoms. The van der Waals surface area contributed by atoms with Crippen LogP contribution in [0.25, 0.3) is 10.8 Å². The minimum absolute atomic E-state index is 0.0883. The van der Waals surface area contributed by atoms with Gasteiger partial charge in [0.05, 0.1) is 11.6 Å². The van der Waals surface area contributed by atoms with E-state index in [0.29, 0.717) is 10.9 Å². The van der Waals surface area contributed by atoms with E-state index >= 15 is 0 Å². The summed E-state index contributed by atoms with van der Waals surface area (Å²) in [5, 5.41) is 21.5. The standard InChI is InChI=1S/C11H6NO/c12-7-8-5-9-3-1-2-4-10(9)11(13)6-8/h1-6H. The van der Waals surface area contributed by atoms with Crippen molar-refractivity contribution >= 4 is 10.8 Å². The maximum atomic E-state index is 11.4. The van der Waals surface area contributed by atoms with Crippen molar-refractivity contribution in [2.45, 2.75) is 0 Å². The molecule has 0 unspecified atom stereocenters. The molecule has 0 atom stereocenters. The molecule has 2 rings (SSSR count). The first kappa shape index (κ1) is 7.63. The zero-order chi connectivity index (χ0) is 9.26. The second kappa shape index (κ2) is 2.80. The average Bonchev–Trinajstić information content (AvgIpc) is 2.18. The third-order valence-electron chi connectivity index (χ3n) is 1.95. The van der Waals surface area contributed by atoms with Crippen molar-refractivity contribution < 1.29 is 5.11 Å². The lowest BCUT2D eigenvalue weighted by atomic mass is 10.1. The Morgan fingerprint density at radius 1 is 1.15 bits per heavy atom. The number of hydrogen-bond acceptors (Lipinski definition) is 1. The number of nitriles is 1. The molecule has 2 heteroatoms. The topological polar surface area (TPSA) is 43.7 Å². The fourth-order valence-corrected chi connectivity index (χ4v) is 1.34. The van der Waals surface area contributed by atoms with E-state index in [0.717, 1.165) is 5.39 Å². The maximum Gasteiger partial charge on any atom is 0.187 e. The van der Waals surface area contributed by atoms with Crippen LogP contribution in [0.1, 0.15) is 5.56 Å². The number of nitrogens with zero attached hydrogens (tertiary/aromatic N) is 1. The lowest BCUT2D eigenvalue weighted by Crippen LogP contribution is -1.76. The van der Waals surface area contributed by atoms with E-state index in [1.165, 1.54) is 6.07 Å². The Morgan fingerprint density at radius 2 is 1.92 bits per heavy atom. The molecular formula is C11H6NO. The highest BCUT2D eigenvalue weighted by Crippen LogP contribution is 2.26. The first-order valence-corrected chi connectivity index (χ1v) is 3.91. The monoisotopic (exact) mass is 168 g/mol. The molecule has 0 aliphatic heterocycles. The van der Waals surface area contributed by atoms with Gasteiger partial charge in [-0.15, -0.1) is 0 Å². The molecule has 0 aliphatic carbocycles. The molecule has 0 heterocycles. The van der Waals surface area contributed by atoms with Gasteiger partial charge in [0.2, 0.25) is 0 Å². The zero-order valence-corrected chi connectivity index (χ0v) is 6.82. The van der Waals surface area contributed by atoms with Crippen LogP contribution in [0, 0.1) is 11.3 Å². The molecule has 0 N–H and O–H groups in total. The molecule has 0 saturated heterocycles. The first-order valence-electron chi connectivity index (χ1n) is 3.91. The van der Waals surface area contributed by atoms with Crippen LogP contribution >= 0.6 is 0 Å². The summed E-state index contributed by atoms with van der Waals surface area (Å²) >= 11 is 0. The Balaban J connectivity index is 2.86. The highest BCUT2D eigenvalue weighted by molar-refractivity contribution is 5.89. The maximum absolute atomic E-state index is 11.4. The van der Waals surface area contributed by atoms with Crippen LogP contribution in [0.15, 0.2) is 36.4 Å². The fourth-order valence-electron chi connectivity index (χ4n) is 1.34. The van der Waals surface area contributed by atoms with Crippen LogP contribution in [0.3, 0.4) is 0 Å². The van der Waals surface area contributed by atoms with Gasteiger partial charge in [-0.3, -0.25) is 5.11 Å². The summed E-state index contributed by atoms with van der Waals surface area (Å²) in [5.74, 6) is -0.0883. The molecule has 13 heavy (non-hydrogen) atoms. The highest BCUT2D eigenvalue weighted by atomic mass is 16.3. The second-order valence-corrected chi connectivity index (χ2v) is 2.81. The molecule has 0 amide bonds. The van der Waals surface area contributed by atoms with Crippen LogP contribution in [-0.4, -0.2) is 0 Å². The largest absolute Gasteiger partial charge is 0.289 e. The van der Waals surface area contributed by atoms with Crippen molar-refractivity contribution in [1.29, 1.82) is 5.26 Å². The summed E-state index contributed by atoms with van der Waals surface area (Å²) in [6, 6.07) is 12.3. The van der Waals surface area contributed by atoms with Crippen molar-refractivity contribution in [2.24, 2.45) is 0 Å². The van der Waals surface area contributed by atoms with E-state index in [1.807, 2.05) is 24.3 Å². The van der Waals surface area contributed by atoms with Crippen LogP contribution in [0.4, 0.5) is 0 Å². The van der Waals surface area contributed by atoms with Gasteiger partial charge < -0.3 is 0 Å². The van der Waals surface area contributed by atoms with E-state index in [-0.39, 0.29) is 5.75 Å². The fraction of sp³-hybridized carbons (Fsp3) is 0. The Labute approximate surface area is 75.7 Å². The Hall–Kier alpha value is -2.01. The van der Waals surface area contributed by atoms with Gasteiger partial charge in [0.25, 0.3) is 0 Å². The zero-order valence-electron chi connectivity index (χ0n) is 6.82. The summed E-state index contributed by atoms with van der Waals surface area (Å²) in [6.45, 7) is 0. The molecule has 2 nitrogen and oxygen atoms in total. The van der Waals surface area contributed by atoms with Crippen molar-refractivity contribution in [2.75, 3.05) is 0 Å². The van der Waals surface area contributed by atoms with E-state index in [4.69, 9.17) is 5.26 Å². The smallest absolute Gasteiger partial charge is 0.187 e. The normalized spacial score (nSPS) is 9.77. The lowest BCUT2D eigenvalue weighted by Gasteiger charge is -1.97. The van der Waals surface area contributed by atoms with Gasteiger partial charge >= 0.3 is 0 Å². The summed E-state index contributed by atoms with van der Waals surface area (Å²) in [5.41, 5.74) is 0.420. The van der Waals surface area contributed by atoms with Gasteiger partial charge in [0, 0.05) is 11.5 Å². The summed E-state index contributed by atoms with van der Waals surface area (Å²) in [4.78, 5) is 0. The third-order valence-corrected chi connectivity index (χ3v) is 1.95. The van der Waals surface area contributed by atoms with E-state index in [1.54, 1.807) is 12.1 Å². The predicted molar refractivity (Wildman–Crippen MR) is 48.8 cm³/mol. The lowest BCUT2D eigenvalue weighted by molar-refractivity contribution is 0.360. The number of fused-ring (bicyclic) bond motifs is 1. The van der Waals surface area contributed by atoms with Crippen LogP contribution in [0.5, 0.6) is 5.75 Å². The number of benzene rings is 2. The summed E-state index contributed by atoms with van der Waals surface area (Å²) < 4.78 is 0. The third kappa shape index (κ3) is 1.21. The number of rotatable bonds is 0. The van der Waals surface area contributed by atoms with Crippen molar-refractivity contribution in [3.05, 3.63) is 42.0 Å². The average molecular weight is 168 g/mol. The number of hydrogen-bond donors (Lipinski definition) is 0. The van der Waals surface area contributed by atoms with Gasteiger partial charge in [0.1, 0.15) is 0 Å². The molecule has 0 aromatic heterocycles. The van der Waals surface area contributed by atoms with Gasteiger partial charge in [-0.2, -0.15) is 5.26 Å². The van der Waals surface area contributed by atoms with Crippen LogP contribution in [0.2, 0.25) is 0 Å². The quantitative estimate of drug-likeness (QED) is 0.596. The van der Waals surface area contributed by atoms with Crippen LogP contribution in [-0.2, 0) is 5.11 Å². The van der Waals surface area contributed by atoms with Gasteiger partial charge in [-0.1, -0.05) is 24.3 Å². The Bertz CT molecular complexity index is 497.